The summed E-state index contributed by atoms with van der Waals surface area (Å²) in [5.41, 5.74) is -0.529. The first-order valence-corrected chi connectivity index (χ1v) is 5.99. The minimum Gasteiger partial charge on any atom is -0.476 e. The van der Waals surface area contributed by atoms with Gasteiger partial charge in [-0.2, -0.15) is 0 Å². The van der Waals surface area contributed by atoms with Crippen LogP contribution in [0.2, 0.25) is 0 Å². The number of carbonyl (C=O) groups excluding carboxylic acids is 1. The zero-order valence-electron chi connectivity index (χ0n) is 10.9. The summed E-state index contributed by atoms with van der Waals surface area (Å²) in [6.45, 7) is 3.16. The summed E-state index contributed by atoms with van der Waals surface area (Å²) in [5.74, 6) is -0.501. The van der Waals surface area contributed by atoms with Gasteiger partial charge in [-0.3, -0.25) is 4.79 Å². The highest BCUT2D eigenvalue weighted by molar-refractivity contribution is 5.85. The number of nitrogens with one attached hydrogen (secondary N) is 1. The zero-order chi connectivity index (χ0) is 14.0. The minimum atomic E-state index is -1.10. The van der Waals surface area contributed by atoms with E-state index in [0.717, 1.165) is 6.42 Å². The maximum Gasteiger partial charge on any atom is 0.356 e. The summed E-state index contributed by atoms with van der Waals surface area (Å²) < 4.78 is 0. The number of aromatic carboxylic acids is 1. The Kier molecular flexibility index (Phi) is 3.37. The average Bonchev–Trinajstić information content (AvgIpc) is 2.82. The number of carboxylic acid groups (broad SMARTS) is 1. The van der Waals surface area contributed by atoms with Crippen LogP contribution in [0.1, 0.15) is 23.8 Å². The lowest BCUT2D eigenvalue weighted by Gasteiger charge is -2.23. The van der Waals surface area contributed by atoms with Crippen LogP contribution in [0.15, 0.2) is 12.4 Å². The third-order valence-electron chi connectivity index (χ3n) is 3.43. The van der Waals surface area contributed by atoms with Crippen molar-refractivity contribution in [3.05, 3.63) is 18.1 Å². The molecule has 0 aromatic carbocycles. The number of hydrogen-bond donors (Lipinski definition) is 2. The highest BCUT2D eigenvalue weighted by Gasteiger charge is 2.40. The minimum absolute atomic E-state index is 0.00474. The lowest BCUT2D eigenvalue weighted by Crippen LogP contribution is -2.39. The first kappa shape index (κ1) is 13.3. The molecule has 1 aromatic heterocycles. The molecule has 2 rings (SSSR count). The van der Waals surface area contributed by atoms with E-state index in [2.05, 4.69) is 15.3 Å². The molecule has 1 aliphatic rings. The molecule has 7 heteroatoms. The van der Waals surface area contributed by atoms with Gasteiger partial charge in [-0.25, -0.2) is 14.8 Å². The van der Waals surface area contributed by atoms with E-state index in [-0.39, 0.29) is 11.6 Å². The summed E-state index contributed by atoms with van der Waals surface area (Å²) in [5, 5.41) is 11.4. The molecule has 1 unspecified atom stereocenters. The fraction of sp³-hybridized carbons (Fsp3) is 0.500. The Hall–Kier alpha value is -2.18. The Morgan fingerprint density at radius 2 is 2.16 bits per heavy atom. The molecule has 0 aliphatic carbocycles. The van der Waals surface area contributed by atoms with Crippen LogP contribution in [-0.4, -0.2) is 47.1 Å². The van der Waals surface area contributed by atoms with Gasteiger partial charge in [0.1, 0.15) is 5.82 Å². The van der Waals surface area contributed by atoms with Gasteiger partial charge in [-0.05, 0) is 13.3 Å². The van der Waals surface area contributed by atoms with Crippen LogP contribution in [-0.2, 0) is 4.79 Å². The Morgan fingerprint density at radius 3 is 2.68 bits per heavy atom. The predicted octanol–water partition coefficient (Wildman–Crippen LogP) is 0.137. The molecule has 19 heavy (non-hydrogen) atoms. The molecule has 102 valence electrons. The van der Waals surface area contributed by atoms with Crippen LogP contribution in [0.4, 0.5) is 5.82 Å². The number of rotatable bonds is 3. The third kappa shape index (κ3) is 2.49. The quantitative estimate of drug-likeness (QED) is 0.806. The van der Waals surface area contributed by atoms with E-state index in [1.807, 2.05) is 11.8 Å². The topological polar surface area (TPSA) is 95.4 Å². The van der Waals surface area contributed by atoms with Crippen molar-refractivity contribution in [1.29, 1.82) is 0 Å². The Balaban J connectivity index is 2.12. The highest BCUT2D eigenvalue weighted by Crippen LogP contribution is 2.32. The molecule has 2 N–H and O–H groups in total. The second-order valence-corrected chi connectivity index (χ2v) is 4.88. The van der Waals surface area contributed by atoms with E-state index in [1.54, 1.807) is 7.05 Å². The molecule has 1 fully saturated rings. The summed E-state index contributed by atoms with van der Waals surface area (Å²) in [4.78, 5) is 32.4. The van der Waals surface area contributed by atoms with Crippen molar-refractivity contribution in [2.45, 2.75) is 13.3 Å². The van der Waals surface area contributed by atoms with Crippen LogP contribution < -0.4 is 10.2 Å². The van der Waals surface area contributed by atoms with Gasteiger partial charge in [0.2, 0.25) is 5.91 Å². The number of anilines is 1. The van der Waals surface area contributed by atoms with Crippen molar-refractivity contribution in [2.75, 3.05) is 25.0 Å². The van der Waals surface area contributed by atoms with Crippen molar-refractivity contribution >= 4 is 17.7 Å². The van der Waals surface area contributed by atoms with E-state index in [4.69, 9.17) is 5.11 Å². The van der Waals surface area contributed by atoms with Crippen LogP contribution in [0.25, 0.3) is 0 Å². The van der Waals surface area contributed by atoms with E-state index in [9.17, 15) is 9.59 Å². The average molecular weight is 264 g/mol. The third-order valence-corrected chi connectivity index (χ3v) is 3.43. The normalized spacial score (nSPS) is 22.3. The Morgan fingerprint density at radius 1 is 1.42 bits per heavy atom. The van der Waals surface area contributed by atoms with Gasteiger partial charge in [0.05, 0.1) is 17.8 Å². The lowest BCUT2D eigenvalue weighted by atomic mass is 9.89. The van der Waals surface area contributed by atoms with Gasteiger partial charge in [0.25, 0.3) is 0 Å². The van der Waals surface area contributed by atoms with Crippen LogP contribution in [0.5, 0.6) is 0 Å². The molecule has 0 saturated carbocycles. The highest BCUT2D eigenvalue weighted by atomic mass is 16.4. The second-order valence-electron chi connectivity index (χ2n) is 4.88. The van der Waals surface area contributed by atoms with E-state index >= 15 is 0 Å². The fourth-order valence-corrected chi connectivity index (χ4v) is 2.24. The Labute approximate surface area is 110 Å². The van der Waals surface area contributed by atoms with Gasteiger partial charge < -0.3 is 15.3 Å². The van der Waals surface area contributed by atoms with Crippen molar-refractivity contribution in [3.63, 3.8) is 0 Å². The molecule has 1 aliphatic heterocycles. The van der Waals surface area contributed by atoms with Crippen LogP contribution in [0, 0.1) is 5.41 Å². The Bertz CT molecular complexity index is 502. The summed E-state index contributed by atoms with van der Waals surface area (Å²) in [6.07, 6.45) is 3.39. The second kappa shape index (κ2) is 4.83. The molecule has 0 bridgehead atoms. The zero-order valence-corrected chi connectivity index (χ0v) is 10.9. The molecule has 7 nitrogen and oxygen atoms in total. The van der Waals surface area contributed by atoms with Gasteiger partial charge in [-0.15, -0.1) is 0 Å². The standard InChI is InChI=1S/C12H16N4O3/c1-12(11(19)13-2)3-4-16(7-12)9-6-14-8(5-15-9)10(17)18/h5-6H,3-4,7H2,1-2H3,(H,13,19)(H,17,18). The van der Waals surface area contributed by atoms with Gasteiger partial charge in [0, 0.05) is 20.1 Å². The maximum atomic E-state index is 11.8. The number of hydrogen-bond acceptors (Lipinski definition) is 5. The molecule has 0 spiro atoms. The number of carbonyl (C=O) groups is 2. The molecular formula is C12H16N4O3. The number of nitrogens with zero attached hydrogens (tertiary/aromatic N) is 3. The molecular weight excluding hydrogens is 248 g/mol. The fourth-order valence-electron chi connectivity index (χ4n) is 2.24. The molecule has 1 atom stereocenters. The molecule has 0 radical (unpaired) electrons. The number of amides is 1. The molecule has 1 amide bonds. The first-order valence-electron chi connectivity index (χ1n) is 5.99. The van der Waals surface area contributed by atoms with Crippen LogP contribution in [0.3, 0.4) is 0 Å². The van der Waals surface area contributed by atoms with Crippen LogP contribution >= 0.6 is 0 Å². The van der Waals surface area contributed by atoms with Crippen molar-refractivity contribution in [1.82, 2.24) is 15.3 Å². The number of carboxylic acids is 1. The van der Waals surface area contributed by atoms with Gasteiger partial charge in [0.15, 0.2) is 5.69 Å². The largest absolute Gasteiger partial charge is 0.476 e. The van der Waals surface area contributed by atoms with E-state index in [0.29, 0.717) is 18.9 Å². The smallest absolute Gasteiger partial charge is 0.356 e. The van der Waals surface area contributed by atoms with Crippen molar-refractivity contribution < 1.29 is 14.7 Å². The van der Waals surface area contributed by atoms with Crippen molar-refractivity contribution in [2.24, 2.45) is 5.41 Å². The monoisotopic (exact) mass is 264 g/mol. The lowest BCUT2D eigenvalue weighted by molar-refractivity contribution is -0.128. The molecule has 2 heterocycles. The summed E-state index contributed by atoms with van der Waals surface area (Å²) in [6, 6.07) is 0. The van der Waals surface area contributed by atoms with E-state index in [1.165, 1.54) is 12.4 Å². The molecule has 1 saturated heterocycles. The summed E-state index contributed by atoms with van der Waals surface area (Å²) >= 11 is 0. The maximum absolute atomic E-state index is 11.8. The summed E-state index contributed by atoms with van der Waals surface area (Å²) in [7, 11) is 1.62. The van der Waals surface area contributed by atoms with E-state index < -0.39 is 11.4 Å². The predicted molar refractivity (Wildman–Crippen MR) is 68.0 cm³/mol. The SMILES string of the molecule is CNC(=O)C1(C)CCN(c2cnc(C(=O)O)cn2)C1. The number of aromatic nitrogens is 2. The first-order chi connectivity index (χ1) is 8.96. The van der Waals surface area contributed by atoms with Crippen molar-refractivity contribution in [3.8, 4) is 0 Å². The molecule has 1 aromatic rings. The van der Waals surface area contributed by atoms with Gasteiger partial charge in [-0.1, -0.05) is 0 Å². The van der Waals surface area contributed by atoms with Gasteiger partial charge >= 0.3 is 5.97 Å².